The van der Waals surface area contributed by atoms with Crippen molar-refractivity contribution >= 4 is 6.08 Å². The first-order chi connectivity index (χ1) is 5.70. The average molecular weight is 165 g/mol. The van der Waals surface area contributed by atoms with Crippen LogP contribution in [0.2, 0.25) is 0 Å². The number of aliphatic hydroxyl groups excluding tert-OH is 1. The van der Waals surface area contributed by atoms with Gasteiger partial charge >= 0.3 is 5.88 Å². The van der Waals surface area contributed by atoms with Gasteiger partial charge in [-0.1, -0.05) is 30.3 Å². The third kappa shape index (κ3) is 2.09. The normalized spacial score (nSPS) is 11.2. The van der Waals surface area contributed by atoms with E-state index in [4.69, 9.17) is 5.11 Å². The second kappa shape index (κ2) is 3.52. The lowest BCUT2D eigenvalue weighted by Crippen LogP contribution is -1.95. The summed E-state index contributed by atoms with van der Waals surface area (Å²) >= 11 is 0. The second-order valence-corrected chi connectivity index (χ2v) is 2.17. The predicted octanol–water partition coefficient (Wildman–Crippen LogP) is 1.82. The van der Waals surface area contributed by atoms with E-state index in [-0.39, 0.29) is 0 Å². The van der Waals surface area contributed by atoms with Crippen LogP contribution >= 0.6 is 0 Å². The van der Waals surface area contributed by atoms with Crippen LogP contribution in [0.5, 0.6) is 0 Å². The van der Waals surface area contributed by atoms with Gasteiger partial charge in [-0.15, -0.1) is 0 Å². The molecule has 12 heavy (non-hydrogen) atoms. The van der Waals surface area contributed by atoms with Crippen molar-refractivity contribution in [3.63, 3.8) is 0 Å². The third-order valence-corrected chi connectivity index (χ3v) is 1.28. The summed E-state index contributed by atoms with van der Waals surface area (Å²) in [7, 11) is 0. The van der Waals surface area contributed by atoms with Crippen molar-refractivity contribution in [2.24, 2.45) is 0 Å². The zero-order valence-electron chi connectivity index (χ0n) is 6.18. The molecule has 0 saturated heterocycles. The van der Waals surface area contributed by atoms with Gasteiger partial charge in [0.2, 0.25) is 0 Å². The molecule has 0 saturated carbocycles. The lowest BCUT2D eigenvalue weighted by atomic mass is 10.2. The van der Waals surface area contributed by atoms with Gasteiger partial charge in [-0.3, -0.25) is 10.1 Å². The Morgan fingerprint density at radius 1 is 1.42 bits per heavy atom. The number of aliphatic hydroxyl groups is 1. The van der Waals surface area contributed by atoms with Gasteiger partial charge in [0, 0.05) is 0 Å². The summed E-state index contributed by atoms with van der Waals surface area (Å²) in [6.45, 7) is 0. The SMILES string of the molecule is O=[N+]([O-])C(O)=Cc1ccccc1. The van der Waals surface area contributed by atoms with E-state index < -0.39 is 10.8 Å². The number of hydrogen-bond donors (Lipinski definition) is 1. The minimum Gasteiger partial charge on any atom is -0.456 e. The molecule has 0 spiro atoms. The van der Waals surface area contributed by atoms with Crippen LogP contribution in [0.25, 0.3) is 6.08 Å². The van der Waals surface area contributed by atoms with E-state index in [1.165, 1.54) is 0 Å². The summed E-state index contributed by atoms with van der Waals surface area (Å²) in [4.78, 5) is 9.15. The zero-order valence-corrected chi connectivity index (χ0v) is 6.18. The minimum atomic E-state index is -0.846. The fraction of sp³-hybridized carbons (Fsp3) is 0. The van der Waals surface area contributed by atoms with Crippen LogP contribution in [0.1, 0.15) is 5.56 Å². The highest BCUT2D eigenvalue weighted by Gasteiger charge is 2.04. The summed E-state index contributed by atoms with van der Waals surface area (Å²) in [6.07, 6.45) is 1.10. The highest BCUT2D eigenvalue weighted by atomic mass is 16.7. The summed E-state index contributed by atoms with van der Waals surface area (Å²) in [5.74, 6) is -0.846. The molecule has 1 rings (SSSR count). The number of hydrogen-bond acceptors (Lipinski definition) is 3. The van der Waals surface area contributed by atoms with E-state index in [0.717, 1.165) is 6.08 Å². The molecular formula is C8H7NO3. The van der Waals surface area contributed by atoms with Gasteiger partial charge in [-0.25, -0.2) is 0 Å². The summed E-state index contributed by atoms with van der Waals surface area (Å²) in [6, 6.07) is 8.60. The average Bonchev–Trinajstić information content (AvgIpc) is 2.06. The maximum atomic E-state index is 9.99. The van der Waals surface area contributed by atoms with Crippen LogP contribution in [-0.4, -0.2) is 10.0 Å². The maximum absolute atomic E-state index is 9.99. The fourth-order valence-corrected chi connectivity index (χ4v) is 0.751. The molecule has 0 aromatic heterocycles. The molecule has 62 valence electrons. The summed E-state index contributed by atoms with van der Waals surface area (Å²) in [5.41, 5.74) is 0.603. The van der Waals surface area contributed by atoms with Crippen molar-refractivity contribution < 1.29 is 10.0 Å². The molecular weight excluding hydrogens is 158 g/mol. The van der Waals surface area contributed by atoms with Crippen LogP contribution in [-0.2, 0) is 0 Å². The van der Waals surface area contributed by atoms with Crippen LogP contribution in [0.3, 0.4) is 0 Å². The van der Waals surface area contributed by atoms with E-state index in [1.54, 1.807) is 30.3 Å². The first-order valence-electron chi connectivity index (χ1n) is 3.30. The van der Waals surface area contributed by atoms with Crippen molar-refractivity contribution in [2.75, 3.05) is 0 Å². The molecule has 0 radical (unpaired) electrons. The van der Waals surface area contributed by atoms with Crippen molar-refractivity contribution in [3.05, 3.63) is 51.9 Å². The number of benzene rings is 1. The number of nitro groups is 1. The molecule has 1 aromatic rings. The standard InChI is InChI=1S/C8H7NO3/c10-8(9(11)12)6-7-4-2-1-3-5-7/h1-6,10H. The van der Waals surface area contributed by atoms with Crippen LogP contribution < -0.4 is 0 Å². The predicted molar refractivity (Wildman–Crippen MR) is 44.0 cm³/mol. The van der Waals surface area contributed by atoms with Crippen LogP contribution in [0.15, 0.2) is 36.2 Å². The molecule has 1 N–H and O–H groups in total. The monoisotopic (exact) mass is 165 g/mol. The van der Waals surface area contributed by atoms with Gasteiger partial charge in [0.1, 0.15) is 4.92 Å². The molecule has 0 aliphatic carbocycles. The molecule has 0 aliphatic heterocycles. The first-order valence-corrected chi connectivity index (χ1v) is 3.30. The largest absolute Gasteiger partial charge is 0.456 e. The third-order valence-electron chi connectivity index (χ3n) is 1.28. The Morgan fingerprint density at radius 3 is 2.50 bits per heavy atom. The van der Waals surface area contributed by atoms with E-state index in [1.807, 2.05) is 0 Å². The van der Waals surface area contributed by atoms with Crippen molar-refractivity contribution in [1.29, 1.82) is 0 Å². The first kappa shape index (κ1) is 8.26. The minimum absolute atomic E-state index is 0.603. The summed E-state index contributed by atoms with van der Waals surface area (Å²) in [5, 5.41) is 18.7. The molecule has 0 unspecified atom stereocenters. The molecule has 0 atom stereocenters. The Morgan fingerprint density at radius 2 is 2.00 bits per heavy atom. The molecule has 0 bridgehead atoms. The van der Waals surface area contributed by atoms with E-state index in [9.17, 15) is 10.1 Å². The Hall–Kier alpha value is -1.84. The molecule has 4 heteroatoms. The molecule has 0 heterocycles. The molecule has 4 nitrogen and oxygen atoms in total. The number of rotatable bonds is 2. The zero-order chi connectivity index (χ0) is 8.97. The van der Waals surface area contributed by atoms with Crippen LogP contribution in [0.4, 0.5) is 0 Å². The van der Waals surface area contributed by atoms with Gasteiger partial charge in [-0.05, 0) is 5.56 Å². The smallest absolute Gasteiger partial charge is 0.426 e. The van der Waals surface area contributed by atoms with Crippen LogP contribution in [0, 0.1) is 10.1 Å². The lowest BCUT2D eigenvalue weighted by molar-refractivity contribution is -0.456. The highest BCUT2D eigenvalue weighted by molar-refractivity contribution is 5.48. The molecule has 0 aliphatic rings. The molecule has 0 amide bonds. The second-order valence-electron chi connectivity index (χ2n) is 2.17. The van der Waals surface area contributed by atoms with Crippen molar-refractivity contribution in [3.8, 4) is 0 Å². The van der Waals surface area contributed by atoms with E-state index >= 15 is 0 Å². The maximum Gasteiger partial charge on any atom is 0.426 e. The van der Waals surface area contributed by atoms with E-state index in [2.05, 4.69) is 0 Å². The fourth-order valence-electron chi connectivity index (χ4n) is 0.751. The van der Waals surface area contributed by atoms with Gasteiger partial charge in [0.05, 0.1) is 6.08 Å². The molecule has 1 aromatic carbocycles. The Bertz CT molecular complexity index is 305. The Balaban J connectivity index is 2.89. The van der Waals surface area contributed by atoms with Crippen molar-refractivity contribution in [2.45, 2.75) is 0 Å². The van der Waals surface area contributed by atoms with Crippen molar-refractivity contribution in [1.82, 2.24) is 0 Å². The summed E-state index contributed by atoms with van der Waals surface area (Å²) < 4.78 is 0. The van der Waals surface area contributed by atoms with E-state index in [0.29, 0.717) is 5.56 Å². The Labute approximate surface area is 68.9 Å². The number of nitrogens with zero attached hydrogens (tertiary/aromatic N) is 1. The topological polar surface area (TPSA) is 63.4 Å². The van der Waals surface area contributed by atoms with Gasteiger partial charge in [-0.2, -0.15) is 0 Å². The van der Waals surface area contributed by atoms with Gasteiger partial charge in [0.15, 0.2) is 0 Å². The van der Waals surface area contributed by atoms with Gasteiger partial charge in [0.25, 0.3) is 0 Å². The quantitative estimate of drug-likeness (QED) is 0.413. The Kier molecular flexibility index (Phi) is 2.42. The molecule has 0 fully saturated rings. The highest BCUT2D eigenvalue weighted by Crippen LogP contribution is 2.04. The lowest BCUT2D eigenvalue weighted by Gasteiger charge is -1.89. The van der Waals surface area contributed by atoms with Gasteiger partial charge < -0.3 is 5.11 Å².